The van der Waals surface area contributed by atoms with Crippen molar-refractivity contribution in [2.45, 2.75) is 59.4 Å². The van der Waals surface area contributed by atoms with Crippen molar-refractivity contribution in [3.05, 3.63) is 88.7 Å². The molecule has 36 heavy (non-hydrogen) atoms. The second-order valence-corrected chi connectivity index (χ2v) is 10.0. The van der Waals surface area contributed by atoms with Gasteiger partial charge in [-0.3, -0.25) is 4.79 Å². The fourth-order valence-electron chi connectivity index (χ4n) is 5.40. The van der Waals surface area contributed by atoms with Crippen molar-refractivity contribution in [1.82, 2.24) is 9.55 Å². The third-order valence-electron chi connectivity index (χ3n) is 7.47. The Bertz CT molecular complexity index is 1380. The summed E-state index contributed by atoms with van der Waals surface area (Å²) in [5, 5.41) is 0. The summed E-state index contributed by atoms with van der Waals surface area (Å²) in [5.41, 5.74) is 7.93. The maximum atomic E-state index is 13.1. The lowest BCUT2D eigenvalue weighted by Crippen LogP contribution is -2.26. The van der Waals surface area contributed by atoms with Gasteiger partial charge in [-0.25, -0.2) is 4.98 Å². The second kappa shape index (κ2) is 10.2. The molecule has 4 aromatic rings. The number of unbranched alkanes of at least 4 members (excludes halogenated alkanes) is 1. The van der Waals surface area contributed by atoms with Crippen LogP contribution >= 0.6 is 0 Å². The Balaban J connectivity index is 1.32. The average Bonchev–Trinajstić information content (AvgIpc) is 3.42. The lowest BCUT2D eigenvalue weighted by Gasteiger charge is -2.21. The van der Waals surface area contributed by atoms with E-state index >= 15 is 0 Å². The van der Waals surface area contributed by atoms with Crippen LogP contribution in [-0.4, -0.2) is 28.6 Å². The van der Waals surface area contributed by atoms with E-state index in [1.54, 1.807) is 0 Å². The van der Waals surface area contributed by atoms with E-state index in [9.17, 15) is 4.79 Å². The zero-order valence-corrected chi connectivity index (χ0v) is 21.8. The first-order valence-corrected chi connectivity index (χ1v) is 12.9. The first-order chi connectivity index (χ1) is 17.4. The van der Waals surface area contributed by atoms with Crippen LogP contribution in [-0.2, 0) is 11.3 Å². The highest BCUT2D eigenvalue weighted by Crippen LogP contribution is 2.36. The van der Waals surface area contributed by atoms with Crippen LogP contribution in [0.25, 0.3) is 11.0 Å². The van der Waals surface area contributed by atoms with Crippen molar-refractivity contribution in [2.75, 3.05) is 18.1 Å². The number of hydrogen-bond donors (Lipinski definition) is 0. The third-order valence-corrected chi connectivity index (χ3v) is 7.47. The van der Waals surface area contributed by atoms with Crippen molar-refractivity contribution in [2.24, 2.45) is 0 Å². The van der Waals surface area contributed by atoms with Crippen LogP contribution < -0.4 is 9.64 Å². The molecule has 1 aliphatic heterocycles. The molecule has 5 heteroatoms. The van der Waals surface area contributed by atoms with Crippen LogP contribution in [0.4, 0.5) is 5.69 Å². The van der Waals surface area contributed by atoms with E-state index in [0.717, 1.165) is 58.8 Å². The Hall–Kier alpha value is -3.60. The van der Waals surface area contributed by atoms with Gasteiger partial charge in [0.25, 0.3) is 0 Å². The first kappa shape index (κ1) is 24.1. The number of anilines is 1. The van der Waals surface area contributed by atoms with Crippen molar-refractivity contribution in [3.63, 3.8) is 0 Å². The molecule has 0 N–H and O–H groups in total. The molecule has 5 rings (SSSR count). The van der Waals surface area contributed by atoms with Gasteiger partial charge in [0.2, 0.25) is 5.91 Å². The zero-order chi connectivity index (χ0) is 25.2. The largest absolute Gasteiger partial charge is 0.493 e. The number of amides is 1. The maximum Gasteiger partial charge on any atom is 0.227 e. The number of benzene rings is 3. The summed E-state index contributed by atoms with van der Waals surface area (Å²) in [4.78, 5) is 20.1. The number of imidazole rings is 1. The van der Waals surface area contributed by atoms with Crippen LogP contribution in [0.1, 0.15) is 53.3 Å². The number of para-hydroxylation sites is 3. The number of carbonyl (C=O) groups is 1. The lowest BCUT2D eigenvalue weighted by molar-refractivity contribution is -0.117. The van der Waals surface area contributed by atoms with Crippen LogP contribution in [0.5, 0.6) is 5.75 Å². The van der Waals surface area contributed by atoms with Crippen molar-refractivity contribution in [3.8, 4) is 5.75 Å². The highest BCUT2D eigenvalue weighted by atomic mass is 16.5. The minimum absolute atomic E-state index is 0.0788. The Labute approximate surface area is 213 Å². The molecule has 0 saturated carbocycles. The van der Waals surface area contributed by atoms with Gasteiger partial charge >= 0.3 is 0 Å². The molecule has 5 nitrogen and oxygen atoms in total. The number of nitrogens with zero attached hydrogens (tertiary/aromatic N) is 3. The van der Waals surface area contributed by atoms with E-state index in [0.29, 0.717) is 19.6 Å². The summed E-state index contributed by atoms with van der Waals surface area (Å²) >= 11 is 0. The second-order valence-electron chi connectivity index (χ2n) is 10.0. The quantitative estimate of drug-likeness (QED) is 0.265. The van der Waals surface area contributed by atoms with Gasteiger partial charge < -0.3 is 14.2 Å². The first-order valence-electron chi connectivity index (χ1n) is 12.9. The Kier molecular flexibility index (Phi) is 6.82. The number of hydrogen-bond acceptors (Lipinski definition) is 3. The number of fused-ring (bicyclic) bond motifs is 1. The Morgan fingerprint density at radius 3 is 2.42 bits per heavy atom. The van der Waals surface area contributed by atoms with E-state index in [1.165, 1.54) is 11.1 Å². The van der Waals surface area contributed by atoms with Crippen molar-refractivity contribution in [1.29, 1.82) is 0 Å². The zero-order valence-electron chi connectivity index (χ0n) is 21.8. The van der Waals surface area contributed by atoms with Gasteiger partial charge in [0.15, 0.2) is 0 Å². The Morgan fingerprint density at radius 2 is 1.61 bits per heavy atom. The fraction of sp³-hybridized carbons (Fsp3) is 0.355. The normalized spacial score (nSPS) is 15.7. The molecule has 1 aliphatic rings. The topological polar surface area (TPSA) is 47.4 Å². The molecular formula is C31H35N3O2. The molecular weight excluding hydrogens is 446 g/mol. The molecule has 1 aromatic heterocycles. The number of carbonyl (C=O) groups excluding carboxylic acids is 1. The Morgan fingerprint density at radius 1 is 0.889 bits per heavy atom. The monoisotopic (exact) mass is 481 g/mol. The number of aryl methyl sites for hydroxylation is 4. The molecule has 1 fully saturated rings. The highest BCUT2D eigenvalue weighted by molar-refractivity contribution is 5.98. The van der Waals surface area contributed by atoms with E-state index < -0.39 is 0 Å². The predicted octanol–water partition coefficient (Wildman–Crippen LogP) is 6.65. The fourth-order valence-corrected chi connectivity index (χ4v) is 5.40. The summed E-state index contributed by atoms with van der Waals surface area (Å²) in [7, 11) is 0. The molecule has 1 amide bonds. The SMILES string of the molecule is Cc1cccc(OCCCCn2c(C3CC(=O)N(c4c(C)cccc4C)C3)nc3ccccc32)c1C. The van der Waals surface area contributed by atoms with Gasteiger partial charge in [0.1, 0.15) is 11.6 Å². The van der Waals surface area contributed by atoms with Crippen molar-refractivity contribution < 1.29 is 9.53 Å². The highest BCUT2D eigenvalue weighted by Gasteiger charge is 2.35. The standard InChI is InChI=1S/C31H35N3O2/c1-21-11-10-16-28(24(21)4)36-18-8-7-17-33-27-15-6-5-14-26(27)32-31(33)25-19-29(35)34(20-25)30-22(2)12-9-13-23(30)3/h5-6,9-16,25H,7-8,17-20H2,1-4H3. The average molecular weight is 482 g/mol. The third kappa shape index (κ3) is 4.62. The van der Waals surface area contributed by atoms with E-state index in [-0.39, 0.29) is 11.8 Å². The predicted molar refractivity (Wildman–Crippen MR) is 146 cm³/mol. The number of aromatic nitrogens is 2. The molecule has 1 saturated heterocycles. The minimum atomic E-state index is 0.0788. The van der Waals surface area contributed by atoms with Gasteiger partial charge in [-0.1, -0.05) is 42.5 Å². The molecule has 0 bridgehead atoms. The van der Waals surface area contributed by atoms with E-state index in [4.69, 9.17) is 9.72 Å². The molecule has 186 valence electrons. The number of rotatable bonds is 8. The molecule has 1 atom stereocenters. The minimum Gasteiger partial charge on any atom is -0.493 e. The van der Waals surface area contributed by atoms with E-state index in [2.05, 4.69) is 74.7 Å². The van der Waals surface area contributed by atoms with Gasteiger partial charge in [0, 0.05) is 31.1 Å². The van der Waals surface area contributed by atoms with Crippen LogP contribution in [0, 0.1) is 27.7 Å². The maximum absolute atomic E-state index is 13.1. The molecule has 2 heterocycles. The molecule has 0 radical (unpaired) electrons. The summed E-state index contributed by atoms with van der Waals surface area (Å²) < 4.78 is 8.41. The van der Waals surface area contributed by atoms with Crippen LogP contribution in [0.15, 0.2) is 60.7 Å². The molecule has 1 unspecified atom stereocenters. The summed E-state index contributed by atoms with van der Waals surface area (Å²) in [6.45, 7) is 10.6. The summed E-state index contributed by atoms with van der Waals surface area (Å²) in [5.74, 6) is 2.25. The van der Waals surface area contributed by atoms with Gasteiger partial charge in [0.05, 0.1) is 17.6 Å². The van der Waals surface area contributed by atoms with Gasteiger partial charge in [-0.15, -0.1) is 0 Å². The van der Waals surface area contributed by atoms with Crippen LogP contribution in [0.3, 0.4) is 0 Å². The summed E-state index contributed by atoms with van der Waals surface area (Å²) in [6, 6.07) is 20.7. The smallest absolute Gasteiger partial charge is 0.227 e. The van der Waals surface area contributed by atoms with Gasteiger partial charge in [-0.2, -0.15) is 0 Å². The molecule has 0 spiro atoms. The molecule has 3 aromatic carbocycles. The summed E-state index contributed by atoms with van der Waals surface area (Å²) in [6.07, 6.45) is 2.43. The number of ether oxygens (including phenoxy) is 1. The van der Waals surface area contributed by atoms with E-state index in [1.807, 2.05) is 23.1 Å². The van der Waals surface area contributed by atoms with Crippen LogP contribution in [0.2, 0.25) is 0 Å². The van der Waals surface area contributed by atoms with Crippen molar-refractivity contribution >= 4 is 22.6 Å². The lowest BCUT2D eigenvalue weighted by atomic mass is 10.1. The van der Waals surface area contributed by atoms with Gasteiger partial charge in [-0.05, 0) is 81.0 Å². The molecule has 0 aliphatic carbocycles.